The van der Waals surface area contributed by atoms with Gasteiger partial charge in [0.2, 0.25) is 5.91 Å². The molecular weight excluding hydrogens is 476 g/mol. The van der Waals surface area contributed by atoms with Crippen molar-refractivity contribution in [3.8, 4) is 5.69 Å². The Morgan fingerprint density at radius 1 is 0.892 bits per heavy atom. The highest BCUT2D eigenvalue weighted by molar-refractivity contribution is 7.98. The van der Waals surface area contributed by atoms with Crippen LogP contribution in [0.2, 0.25) is 0 Å². The molecule has 6 heteroatoms. The van der Waals surface area contributed by atoms with E-state index in [1.54, 1.807) is 11.8 Å². The number of nitrogens with one attached hydrogen (secondary N) is 1. The molecule has 0 spiro atoms. The van der Waals surface area contributed by atoms with E-state index in [0.29, 0.717) is 6.42 Å². The molecular formula is C31H34N4OS. The number of hydrogen-bond donors (Lipinski definition) is 1. The number of thioether (sulfide) groups is 1. The van der Waals surface area contributed by atoms with Gasteiger partial charge in [0.05, 0.1) is 6.04 Å². The molecule has 1 aliphatic carbocycles. The van der Waals surface area contributed by atoms with Gasteiger partial charge < -0.3 is 5.32 Å². The van der Waals surface area contributed by atoms with E-state index in [-0.39, 0.29) is 17.9 Å². The van der Waals surface area contributed by atoms with Crippen LogP contribution in [0.25, 0.3) is 5.69 Å². The highest BCUT2D eigenvalue weighted by Gasteiger charge is 2.28. The quantitative estimate of drug-likeness (QED) is 0.250. The fourth-order valence-corrected chi connectivity index (χ4v) is 5.88. The zero-order chi connectivity index (χ0) is 25.5. The SMILES string of the molecule is Cc1ccc(-n2c(SCc3ccccc3)nnc2C(Cc2ccccc2)NC(=O)C2CCCCC2)cc1. The van der Waals surface area contributed by atoms with Crippen LogP contribution in [0.4, 0.5) is 0 Å². The molecule has 3 aromatic carbocycles. The fraction of sp³-hybridized carbons (Fsp3) is 0.323. The van der Waals surface area contributed by atoms with Crippen molar-refractivity contribution in [1.29, 1.82) is 0 Å². The first-order chi connectivity index (χ1) is 18.2. The zero-order valence-corrected chi connectivity index (χ0v) is 22.2. The van der Waals surface area contributed by atoms with Crippen molar-refractivity contribution in [3.05, 3.63) is 107 Å². The molecule has 1 N–H and O–H groups in total. The predicted molar refractivity (Wildman–Crippen MR) is 150 cm³/mol. The summed E-state index contributed by atoms with van der Waals surface area (Å²) in [6.07, 6.45) is 6.07. The van der Waals surface area contributed by atoms with Crippen LogP contribution in [0.3, 0.4) is 0 Å². The highest BCUT2D eigenvalue weighted by Crippen LogP contribution is 2.30. The van der Waals surface area contributed by atoms with Crippen molar-refractivity contribution >= 4 is 17.7 Å². The first kappa shape index (κ1) is 25.3. The van der Waals surface area contributed by atoms with Gasteiger partial charge in [0.15, 0.2) is 11.0 Å². The minimum Gasteiger partial charge on any atom is -0.345 e. The first-order valence-electron chi connectivity index (χ1n) is 13.2. The second kappa shape index (κ2) is 12.2. The van der Waals surface area contributed by atoms with Gasteiger partial charge in [0, 0.05) is 17.4 Å². The summed E-state index contributed by atoms with van der Waals surface area (Å²) in [5.41, 5.74) is 4.60. The molecule has 4 aromatic rings. The maximum Gasteiger partial charge on any atom is 0.223 e. The summed E-state index contributed by atoms with van der Waals surface area (Å²) in [7, 11) is 0. The molecule has 37 heavy (non-hydrogen) atoms. The largest absolute Gasteiger partial charge is 0.345 e. The third-order valence-corrected chi connectivity index (χ3v) is 8.05. The number of rotatable bonds is 9. The van der Waals surface area contributed by atoms with Gasteiger partial charge in [0.1, 0.15) is 0 Å². The van der Waals surface area contributed by atoms with Gasteiger partial charge >= 0.3 is 0 Å². The van der Waals surface area contributed by atoms with E-state index in [0.717, 1.165) is 53.7 Å². The smallest absolute Gasteiger partial charge is 0.223 e. The van der Waals surface area contributed by atoms with Gasteiger partial charge in [-0.05, 0) is 49.4 Å². The number of nitrogens with zero attached hydrogens (tertiary/aromatic N) is 3. The van der Waals surface area contributed by atoms with Crippen LogP contribution < -0.4 is 5.32 Å². The Balaban J connectivity index is 1.50. The predicted octanol–water partition coefficient (Wildman–Crippen LogP) is 6.85. The molecule has 1 heterocycles. The van der Waals surface area contributed by atoms with Crippen molar-refractivity contribution in [1.82, 2.24) is 20.1 Å². The molecule has 0 saturated heterocycles. The van der Waals surface area contributed by atoms with Crippen molar-refractivity contribution in [3.63, 3.8) is 0 Å². The molecule has 5 nitrogen and oxygen atoms in total. The normalized spacial score (nSPS) is 14.8. The summed E-state index contributed by atoms with van der Waals surface area (Å²) in [4.78, 5) is 13.4. The van der Waals surface area contributed by atoms with E-state index >= 15 is 0 Å². The van der Waals surface area contributed by atoms with Crippen LogP contribution in [0, 0.1) is 12.8 Å². The van der Waals surface area contributed by atoms with E-state index < -0.39 is 0 Å². The van der Waals surface area contributed by atoms with Gasteiger partial charge in [-0.2, -0.15) is 0 Å². The van der Waals surface area contributed by atoms with E-state index in [2.05, 4.69) is 82.6 Å². The summed E-state index contributed by atoms with van der Waals surface area (Å²) < 4.78 is 2.13. The molecule has 1 unspecified atom stereocenters. The van der Waals surface area contributed by atoms with E-state index in [1.807, 2.05) is 24.3 Å². The van der Waals surface area contributed by atoms with Crippen LogP contribution >= 0.6 is 11.8 Å². The lowest BCUT2D eigenvalue weighted by Gasteiger charge is -2.25. The summed E-state index contributed by atoms with van der Waals surface area (Å²) in [6.45, 7) is 2.09. The molecule has 1 saturated carbocycles. The molecule has 1 aromatic heterocycles. The number of hydrogen-bond acceptors (Lipinski definition) is 4. The average molecular weight is 511 g/mol. The van der Waals surface area contributed by atoms with E-state index in [1.165, 1.54) is 17.5 Å². The van der Waals surface area contributed by atoms with Crippen molar-refractivity contribution in [2.24, 2.45) is 5.92 Å². The molecule has 1 atom stereocenters. The fourth-order valence-electron chi connectivity index (χ4n) is 4.97. The molecule has 0 bridgehead atoms. The van der Waals surface area contributed by atoms with Gasteiger partial charge in [-0.25, -0.2) is 0 Å². The Morgan fingerprint density at radius 2 is 1.54 bits per heavy atom. The highest BCUT2D eigenvalue weighted by atomic mass is 32.2. The molecule has 0 radical (unpaired) electrons. The lowest BCUT2D eigenvalue weighted by atomic mass is 9.88. The molecule has 1 fully saturated rings. The van der Waals surface area contributed by atoms with Crippen molar-refractivity contribution in [2.75, 3.05) is 0 Å². The zero-order valence-electron chi connectivity index (χ0n) is 21.3. The molecule has 1 amide bonds. The minimum absolute atomic E-state index is 0.0784. The number of aromatic nitrogens is 3. The topological polar surface area (TPSA) is 59.8 Å². The average Bonchev–Trinajstić information content (AvgIpc) is 3.37. The Bertz CT molecular complexity index is 1280. The van der Waals surface area contributed by atoms with Crippen molar-refractivity contribution < 1.29 is 4.79 Å². The van der Waals surface area contributed by atoms with Crippen LogP contribution in [-0.4, -0.2) is 20.7 Å². The summed E-state index contributed by atoms with van der Waals surface area (Å²) in [5.74, 6) is 1.78. The number of amides is 1. The van der Waals surface area contributed by atoms with Gasteiger partial charge in [0.25, 0.3) is 0 Å². The Morgan fingerprint density at radius 3 is 2.22 bits per heavy atom. The third kappa shape index (κ3) is 6.50. The summed E-state index contributed by atoms with van der Waals surface area (Å²) in [6, 6.07) is 28.9. The van der Waals surface area contributed by atoms with E-state index in [4.69, 9.17) is 5.10 Å². The standard InChI is InChI=1S/C31H34N4OS/c1-23-17-19-27(20-18-23)35-29(33-34-31(35)37-22-25-13-7-3-8-14-25)28(21-24-11-5-2-6-12-24)32-30(36)26-15-9-4-10-16-26/h2-3,5-8,11-14,17-20,26,28H,4,9-10,15-16,21-22H2,1H3,(H,32,36). The molecule has 5 rings (SSSR count). The Kier molecular flexibility index (Phi) is 8.36. The maximum atomic E-state index is 13.4. The molecule has 0 aliphatic heterocycles. The van der Waals surface area contributed by atoms with E-state index in [9.17, 15) is 4.79 Å². The number of carbonyl (C=O) groups excluding carboxylic acids is 1. The second-order valence-electron chi connectivity index (χ2n) is 9.87. The van der Waals surface area contributed by atoms with Gasteiger partial charge in [-0.15, -0.1) is 10.2 Å². The summed E-state index contributed by atoms with van der Waals surface area (Å²) >= 11 is 1.67. The van der Waals surface area contributed by atoms with Gasteiger partial charge in [-0.3, -0.25) is 9.36 Å². The van der Waals surface area contributed by atoms with Crippen LogP contribution in [0.15, 0.2) is 90.1 Å². The third-order valence-electron chi connectivity index (χ3n) is 7.05. The first-order valence-corrected chi connectivity index (χ1v) is 14.2. The molecule has 190 valence electrons. The minimum atomic E-state index is -0.281. The van der Waals surface area contributed by atoms with Crippen LogP contribution in [-0.2, 0) is 17.0 Å². The molecule has 1 aliphatic rings. The lowest BCUT2D eigenvalue weighted by molar-refractivity contribution is -0.126. The number of aryl methyl sites for hydroxylation is 1. The number of benzene rings is 3. The van der Waals surface area contributed by atoms with Crippen molar-refractivity contribution in [2.45, 2.75) is 62.4 Å². The lowest BCUT2D eigenvalue weighted by Crippen LogP contribution is -2.37. The summed E-state index contributed by atoms with van der Waals surface area (Å²) in [5, 5.41) is 13.6. The number of carbonyl (C=O) groups is 1. The van der Waals surface area contributed by atoms with Crippen LogP contribution in [0.5, 0.6) is 0 Å². The maximum absolute atomic E-state index is 13.4. The second-order valence-corrected chi connectivity index (χ2v) is 10.8. The Labute approximate surface area is 223 Å². The van der Waals surface area contributed by atoms with Crippen LogP contribution in [0.1, 0.15) is 60.7 Å². The Hall–Kier alpha value is -3.38. The monoisotopic (exact) mass is 510 g/mol. The van der Waals surface area contributed by atoms with Gasteiger partial charge in [-0.1, -0.05) is 109 Å².